The monoisotopic (exact) mass is 325 g/mol. The van der Waals surface area contributed by atoms with Gasteiger partial charge in [-0.05, 0) is 35.5 Å². The molecular weight excluding hydrogens is 314 g/mol. The van der Waals surface area contributed by atoms with Crippen LogP contribution in [0.5, 0.6) is 5.75 Å². The molecule has 1 aliphatic heterocycles. The van der Waals surface area contributed by atoms with Crippen LogP contribution in [0.4, 0.5) is 10.5 Å². The lowest BCUT2D eigenvalue weighted by Gasteiger charge is -2.12. The molecule has 23 heavy (non-hydrogen) atoms. The molecule has 0 atom stereocenters. The lowest BCUT2D eigenvalue weighted by molar-refractivity contribution is -0.113. The number of carbonyl (C=O) groups is 3. The van der Waals surface area contributed by atoms with Crippen LogP contribution in [0.2, 0.25) is 0 Å². The Kier molecular flexibility index (Phi) is 3.99. The van der Waals surface area contributed by atoms with E-state index in [1.54, 1.807) is 42.5 Å². The highest BCUT2D eigenvalue weighted by Crippen LogP contribution is 2.36. The maximum Gasteiger partial charge on any atom is 0.298 e. The molecule has 0 spiro atoms. The molecule has 0 aliphatic carbocycles. The number of phenolic OH excluding ortho intramolecular Hbond substituents is 1. The summed E-state index contributed by atoms with van der Waals surface area (Å²) in [6.45, 7) is 0. The van der Waals surface area contributed by atoms with Crippen molar-refractivity contribution in [3.8, 4) is 5.75 Å². The Hall–Kier alpha value is -2.86. The van der Waals surface area contributed by atoms with Crippen molar-refractivity contribution in [2.75, 3.05) is 4.90 Å². The number of amides is 2. The van der Waals surface area contributed by atoms with Crippen LogP contribution in [0, 0.1) is 0 Å². The standard InChI is InChI=1S/C17H11NO4S/c19-10-12-6-4-11(5-7-12)8-15-16(21)18(17(22)23-15)13-2-1-3-14(20)9-13/h1-10,20H/b15-8+. The molecule has 2 aromatic carbocycles. The predicted molar refractivity (Wildman–Crippen MR) is 88.4 cm³/mol. The second-order valence-corrected chi connectivity index (χ2v) is 5.81. The summed E-state index contributed by atoms with van der Waals surface area (Å²) in [5.41, 5.74) is 1.58. The van der Waals surface area contributed by atoms with E-state index in [0.717, 1.165) is 28.5 Å². The second kappa shape index (κ2) is 6.10. The minimum absolute atomic E-state index is 0.0185. The van der Waals surface area contributed by atoms with Crippen molar-refractivity contribution in [3.05, 3.63) is 64.6 Å². The van der Waals surface area contributed by atoms with E-state index in [1.807, 2.05) is 0 Å². The minimum atomic E-state index is -0.440. The molecule has 5 nitrogen and oxygen atoms in total. The first-order valence-electron chi connectivity index (χ1n) is 6.71. The van der Waals surface area contributed by atoms with E-state index in [-0.39, 0.29) is 10.7 Å². The molecule has 1 N–H and O–H groups in total. The molecule has 0 bridgehead atoms. The summed E-state index contributed by atoms with van der Waals surface area (Å²) in [4.78, 5) is 36.5. The van der Waals surface area contributed by atoms with E-state index in [4.69, 9.17) is 0 Å². The summed E-state index contributed by atoms with van der Waals surface area (Å²) in [6, 6.07) is 12.6. The lowest BCUT2D eigenvalue weighted by atomic mass is 10.1. The number of anilines is 1. The highest BCUT2D eigenvalue weighted by molar-refractivity contribution is 8.19. The van der Waals surface area contributed by atoms with Crippen LogP contribution in [0.1, 0.15) is 15.9 Å². The highest BCUT2D eigenvalue weighted by Gasteiger charge is 2.36. The number of carbonyl (C=O) groups excluding carboxylic acids is 3. The number of thioether (sulfide) groups is 1. The molecule has 0 unspecified atom stereocenters. The van der Waals surface area contributed by atoms with Gasteiger partial charge >= 0.3 is 0 Å². The predicted octanol–water partition coefficient (Wildman–Crippen LogP) is 3.45. The van der Waals surface area contributed by atoms with Crippen LogP contribution in [0.15, 0.2) is 53.4 Å². The van der Waals surface area contributed by atoms with Gasteiger partial charge in [-0.15, -0.1) is 0 Å². The van der Waals surface area contributed by atoms with Gasteiger partial charge in [0.25, 0.3) is 11.1 Å². The van der Waals surface area contributed by atoms with Crippen molar-refractivity contribution in [2.45, 2.75) is 0 Å². The molecule has 2 amide bonds. The van der Waals surface area contributed by atoms with E-state index in [0.29, 0.717) is 11.3 Å². The fourth-order valence-corrected chi connectivity index (χ4v) is 2.99. The van der Waals surface area contributed by atoms with Crippen LogP contribution in [-0.4, -0.2) is 22.5 Å². The van der Waals surface area contributed by atoms with Crippen molar-refractivity contribution in [1.82, 2.24) is 0 Å². The van der Waals surface area contributed by atoms with E-state index in [1.165, 1.54) is 12.1 Å². The Balaban J connectivity index is 1.91. The zero-order chi connectivity index (χ0) is 16.4. The molecule has 114 valence electrons. The Labute approximate surface area is 136 Å². The molecule has 0 radical (unpaired) electrons. The summed E-state index contributed by atoms with van der Waals surface area (Å²) in [5.74, 6) is -0.458. The molecule has 6 heteroatoms. The number of phenols is 1. The first-order valence-corrected chi connectivity index (χ1v) is 7.52. The van der Waals surface area contributed by atoms with Crippen molar-refractivity contribution in [2.24, 2.45) is 0 Å². The summed E-state index contributed by atoms with van der Waals surface area (Å²) < 4.78 is 0. The van der Waals surface area contributed by atoms with E-state index < -0.39 is 11.1 Å². The number of benzene rings is 2. The van der Waals surface area contributed by atoms with E-state index >= 15 is 0 Å². The third-order valence-corrected chi connectivity index (χ3v) is 4.12. The summed E-state index contributed by atoms with van der Waals surface area (Å²) in [5, 5.41) is 9.08. The zero-order valence-corrected chi connectivity index (χ0v) is 12.6. The molecule has 1 heterocycles. The van der Waals surface area contributed by atoms with Gasteiger partial charge in [0.05, 0.1) is 10.6 Å². The minimum Gasteiger partial charge on any atom is -0.508 e. The van der Waals surface area contributed by atoms with Crippen LogP contribution in [0.25, 0.3) is 6.08 Å². The maximum atomic E-state index is 12.4. The first-order chi connectivity index (χ1) is 11.1. The number of aromatic hydroxyl groups is 1. The van der Waals surface area contributed by atoms with Gasteiger partial charge in [0.2, 0.25) is 0 Å². The third kappa shape index (κ3) is 3.02. The highest BCUT2D eigenvalue weighted by atomic mass is 32.2. The Morgan fingerprint density at radius 3 is 2.35 bits per heavy atom. The van der Waals surface area contributed by atoms with Gasteiger partial charge in [0.1, 0.15) is 12.0 Å². The van der Waals surface area contributed by atoms with Crippen LogP contribution < -0.4 is 4.90 Å². The molecular formula is C17H11NO4S. The van der Waals surface area contributed by atoms with Gasteiger partial charge in [-0.3, -0.25) is 14.4 Å². The van der Waals surface area contributed by atoms with E-state index in [9.17, 15) is 19.5 Å². The van der Waals surface area contributed by atoms with Gasteiger partial charge in [-0.1, -0.05) is 30.3 Å². The first kappa shape index (κ1) is 15.1. The quantitative estimate of drug-likeness (QED) is 0.691. The normalized spacial score (nSPS) is 16.2. The van der Waals surface area contributed by atoms with Gasteiger partial charge < -0.3 is 5.11 Å². The second-order valence-electron chi connectivity index (χ2n) is 4.82. The fourth-order valence-electron chi connectivity index (χ4n) is 2.14. The van der Waals surface area contributed by atoms with Crippen LogP contribution >= 0.6 is 11.8 Å². The number of hydrogen-bond donors (Lipinski definition) is 1. The lowest BCUT2D eigenvalue weighted by Crippen LogP contribution is -2.27. The van der Waals surface area contributed by atoms with Gasteiger partial charge in [-0.25, -0.2) is 4.90 Å². The SMILES string of the molecule is O=Cc1ccc(/C=C2/SC(=O)N(c3cccc(O)c3)C2=O)cc1. The third-order valence-electron chi connectivity index (χ3n) is 3.25. The molecule has 2 aromatic rings. The van der Waals surface area contributed by atoms with Crippen LogP contribution in [-0.2, 0) is 4.79 Å². The number of hydrogen-bond acceptors (Lipinski definition) is 5. The number of rotatable bonds is 3. The molecule has 0 saturated carbocycles. The topological polar surface area (TPSA) is 74.7 Å². The van der Waals surface area contributed by atoms with Gasteiger partial charge in [0, 0.05) is 11.6 Å². The average molecular weight is 325 g/mol. The van der Waals surface area contributed by atoms with Crippen molar-refractivity contribution in [1.29, 1.82) is 0 Å². The van der Waals surface area contributed by atoms with Crippen molar-refractivity contribution < 1.29 is 19.5 Å². The summed E-state index contributed by atoms with van der Waals surface area (Å²) in [7, 11) is 0. The Morgan fingerprint density at radius 2 is 1.70 bits per heavy atom. The Morgan fingerprint density at radius 1 is 1.00 bits per heavy atom. The number of aldehydes is 1. The maximum absolute atomic E-state index is 12.4. The molecule has 1 fully saturated rings. The van der Waals surface area contributed by atoms with Gasteiger partial charge in [-0.2, -0.15) is 0 Å². The van der Waals surface area contributed by atoms with Crippen molar-refractivity contribution >= 4 is 41.0 Å². The molecule has 1 aliphatic rings. The Bertz CT molecular complexity index is 827. The molecule has 3 rings (SSSR count). The zero-order valence-electron chi connectivity index (χ0n) is 11.8. The summed E-state index contributed by atoms with van der Waals surface area (Å²) in [6.07, 6.45) is 2.34. The van der Waals surface area contributed by atoms with Gasteiger partial charge in [0.15, 0.2) is 0 Å². The fraction of sp³-hybridized carbons (Fsp3) is 0. The van der Waals surface area contributed by atoms with Crippen LogP contribution in [0.3, 0.4) is 0 Å². The average Bonchev–Trinajstić information content (AvgIpc) is 2.82. The van der Waals surface area contributed by atoms with Crippen molar-refractivity contribution in [3.63, 3.8) is 0 Å². The largest absolute Gasteiger partial charge is 0.508 e. The summed E-state index contributed by atoms with van der Waals surface area (Å²) >= 11 is 0.835. The smallest absolute Gasteiger partial charge is 0.298 e. The molecule has 1 saturated heterocycles. The van der Waals surface area contributed by atoms with E-state index in [2.05, 4.69) is 0 Å². The number of imide groups is 1. The number of nitrogens with zero attached hydrogens (tertiary/aromatic N) is 1. The molecule has 0 aromatic heterocycles.